The monoisotopic (exact) mass is 500 g/mol. The minimum absolute atomic E-state index is 0.182. The molecular weight excluding hydrogens is 468 g/mol. The Morgan fingerprint density at radius 1 is 1.24 bits per heavy atom. The smallest absolute Gasteiger partial charge is 0.364 e. The van der Waals surface area contributed by atoms with Gasteiger partial charge in [-0.3, -0.25) is 4.99 Å². The van der Waals surface area contributed by atoms with Gasteiger partial charge in [0.2, 0.25) is 0 Å². The van der Waals surface area contributed by atoms with Crippen LogP contribution in [0.25, 0.3) is 0 Å². The van der Waals surface area contributed by atoms with E-state index in [-0.39, 0.29) is 10.7 Å². The number of aliphatic imine (C=N–C) groups is 1. The molecule has 0 saturated carbocycles. The number of rotatable bonds is 10. The number of halogens is 3. The molecule has 182 valence electrons. The van der Waals surface area contributed by atoms with E-state index in [4.69, 9.17) is 0 Å². The molecule has 1 unspecified atom stereocenters. The predicted molar refractivity (Wildman–Crippen MR) is 134 cm³/mol. The molecule has 0 bridgehead atoms. The van der Waals surface area contributed by atoms with Gasteiger partial charge in [0, 0.05) is 40.9 Å². The molecule has 1 aromatic carbocycles. The molecule has 33 heavy (non-hydrogen) atoms. The second kappa shape index (κ2) is 11.4. The van der Waals surface area contributed by atoms with Gasteiger partial charge in [-0.25, -0.2) is 4.98 Å². The van der Waals surface area contributed by atoms with Crippen LogP contribution in [0.3, 0.4) is 0 Å². The summed E-state index contributed by atoms with van der Waals surface area (Å²) in [6.45, 7) is 7.45. The molecule has 0 aliphatic heterocycles. The maximum Gasteiger partial charge on any atom is 0.418 e. The number of nitrogens with one attached hydrogen (secondary N) is 1. The molecule has 0 saturated heterocycles. The summed E-state index contributed by atoms with van der Waals surface area (Å²) in [7, 11) is 1.38. The van der Waals surface area contributed by atoms with Crippen molar-refractivity contribution >= 4 is 35.2 Å². The summed E-state index contributed by atoms with van der Waals surface area (Å²) < 4.78 is 54.1. The molecule has 0 aliphatic rings. The molecule has 1 atom stereocenters. The zero-order valence-corrected chi connectivity index (χ0v) is 21.6. The van der Waals surface area contributed by atoms with E-state index in [1.54, 1.807) is 25.3 Å². The van der Waals surface area contributed by atoms with E-state index in [0.717, 1.165) is 16.3 Å². The van der Waals surface area contributed by atoms with Crippen molar-refractivity contribution < 1.29 is 17.7 Å². The Morgan fingerprint density at radius 3 is 2.33 bits per heavy atom. The SMILES string of the molecule is C/C=C(\C(=NC(C)Nc1ccc(P(=O)(CC)CC)cc1)c1ncc(CN(C)C)s1)C(F)(F)F. The summed E-state index contributed by atoms with van der Waals surface area (Å²) in [5, 5.41) is 4.16. The van der Waals surface area contributed by atoms with E-state index in [0.29, 0.717) is 24.6 Å². The van der Waals surface area contributed by atoms with Gasteiger partial charge >= 0.3 is 6.18 Å². The quantitative estimate of drug-likeness (QED) is 0.322. The maximum absolute atomic E-state index is 13.7. The summed E-state index contributed by atoms with van der Waals surface area (Å²) in [6.07, 6.45) is -1.39. The Bertz CT molecular complexity index is 1020. The number of hydrogen-bond donors (Lipinski definition) is 1. The Labute approximate surface area is 198 Å². The fourth-order valence-electron chi connectivity index (χ4n) is 3.36. The molecule has 0 amide bonds. The lowest BCUT2D eigenvalue weighted by molar-refractivity contribution is -0.0861. The van der Waals surface area contributed by atoms with E-state index < -0.39 is 25.1 Å². The molecule has 0 radical (unpaired) electrons. The highest BCUT2D eigenvalue weighted by molar-refractivity contribution is 7.71. The summed E-state index contributed by atoms with van der Waals surface area (Å²) in [4.78, 5) is 11.4. The number of aromatic nitrogens is 1. The third kappa shape index (κ3) is 7.26. The molecule has 5 nitrogen and oxygen atoms in total. The van der Waals surface area contributed by atoms with Crippen LogP contribution in [0.5, 0.6) is 0 Å². The predicted octanol–water partition coefficient (Wildman–Crippen LogP) is 5.99. The van der Waals surface area contributed by atoms with Gasteiger partial charge in [-0.05, 0) is 52.2 Å². The highest BCUT2D eigenvalue weighted by Crippen LogP contribution is 2.43. The van der Waals surface area contributed by atoms with Crippen molar-refractivity contribution in [2.45, 2.75) is 46.6 Å². The number of nitrogens with zero attached hydrogens (tertiary/aromatic N) is 3. The summed E-state index contributed by atoms with van der Waals surface area (Å²) in [5.74, 6) is 0. The molecule has 1 aromatic heterocycles. The molecule has 1 heterocycles. The van der Waals surface area contributed by atoms with E-state index in [2.05, 4.69) is 15.3 Å². The van der Waals surface area contributed by atoms with Gasteiger partial charge in [-0.1, -0.05) is 19.9 Å². The van der Waals surface area contributed by atoms with Gasteiger partial charge in [0.15, 0.2) is 0 Å². The van der Waals surface area contributed by atoms with Crippen LogP contribution in [0.15, 0.2) is 47.1 Å². The molecule has 0 fully saturated rings. The number of thiazole rings is 1. The molecule has 2 aromatic rings. The van der Waals surface area contributed by atoms with Crippen molar-refractivity contribution in [1.29, 1.82) is 0 Å². The number of anilines is 1. The summed E-state index contributed by atoms with van der Waals surface area (Å²) in [6, 6.07) is 7.21. The van der Waals surface area contributed by atoms with Crippen molar-refractivity contribution in [3.05, 3.63) is 52.0 Å². The lowest BCUT2D eigenvalue weighted by Crippen LogP contribution is -2.24. The van der Waals surface area contributed by atoms with Gasteiger partial charge in [0.25, 0.3) is 0 Å². The van der Waals surface area contributed by atoms with Crippen molar-refractivity contribution in [1.82, 2.24) is 9.88 Å². The summed E-state index contributed by atoms with van der Waals surface area (Å²) >= 11 is 1.20. The van der Waals surface area contributed by atoms with E-state index in [1.165, 1.54) is 18.3 Å². The first kappa shape index (κ1) is 27.3. The minimum Gasteiger partial charge on any atom is -0.364 e. The van der Waals surface area contributed by atoms with Crippen LogP contribution in [-0.4, -0.2) is 54.4 Å². The topological polar surface area (TPSA) is 57.6 Å². The third-order valence-electron chi connectivity index (χ3n) is 5.14. The largest absolute Gasteiger partial charge is 0.418 e. The molecule has 10 heteroatoms. The number of benzene rings is 1. The van der Waals surface area contributed by atoms with Crippen LogP contribution < -0.4 is 10.6 Å². The highest BCUT2D eigenvalue weighted by Gasteiger charge is 2.38. The second-order valence-electron chi connectivity index (χ2n) is 7.94. The number of hydrogen-bond acceptors (Lipinski definition) is 6. The summed E-state index contributed by atoms with van der Waals surface area (Å²) in [5.41, 5.74) is -0.309. The molecular formula is C23H32F3N4OPS. The molecule has 0 aliphatic carbocycles. The van der Waals surface area contributed by atoms with E-state index in [1.807, 2.05) is 45.0 Å². The standard InChI is InChI=1S/C23H32F3N4OPS/c1-7-20(23(24,25)26)21(22-27-14-19(33-22)15-30(5)6)29-16(4)28-17-10-12-18(13-11-17)32(31,8-2)9-3/h7,10-14,16,28H,8-9,15H2,1-6H3/b20-7+,29-21?. The van der Waals surface area contributed by atoms with Gasteiger partial charge in [0.1, 0.15) is 24.0 Å². The van der Waals surface area contributed by atoms with E-state index >= 15 is 0 Å². The second-order valence-corrected chi connectivity index (χ2v) is 12.6. The van der Waals surface area contributed by atoms with Gasteiger partial charge in [0.05, 0.1) is 5.57 Å². The average Bonchev–Trinajstić information content (AvgIpc) is 3.20. The Kier molecular flexibility index (Phi) is 9.47. The third-order valence-corrected chi connectivity index (χ3v) is 9.41. The highest BCUT2D eigenvalue weighted by atomic mass is 32.1. The zero-order valence-electron chi connectivity index (χ0n) is 19.9. The first-order chi connectivity index (χ1) is 15.4. The van der Waals surface area contributed by atoms with Crippen molar-refractivity contribution in [2.75, 3.05) is 31.7 Å². The fraction of sp³-hybridized carbons (Fsp3) is 0.478. The normalized spacial score (nSPS) is 14.6. The first-order valence-corrected chi connectivity index (χ1v) is 13.7. The van der Waals surface area contributed by atoms with Crippen molar-refractivity contribution in [3.63, 3.8) is 0 Å². The van der Waals surface area contributed by atoms with Gasteiger partial charge in [-0.15, -0.1) is 11.3 Å². The number of allylic oxidation sites excluding steroid dienone is 2. The average molecular weight is 501 g/mol. The van der Waals surface area contributed by atoms with Crippen LogP contribution >= 0.6 is 18.5 Å². The molecule has 0 spiro atoms. The molecule has 1 N–H and O–H groups in total. The van der Waals surface area contributed by atoms with Crippen LogP contribution in [0, 0.1) is 0 Å². The lowest BCUT2D eigenvalue weighted by atomic mass is 10.1. The zero-order chi connectivity index (χ0) is 24.8. The Hall–Kier alpha value is -1.96. The van der Waals surface area contributed by atoms with Crippen LogP contribution in [0.4, 0.5) is 18.9 Å². The van der Waals surface area contributed by atoms with Crippen LogP contribution in [0.2, 0.25) is 0 Å². The van der Waals surface area contributed by atoms with Crippen LogP contribution in [-0.2, 0) is 11.1 Å². The van der Waals surface area contributed by atoms with Crippen molar-refractivity contribution in [2.24, 2.45) is 4.99 Å². The van der Waals surface area contributed by atoms with Gasteiger partial charge in [-0.2, -0.15) is 13.2 Å². The Morgan fingerprint density at radius 2 is 1.85 bits per heavy atom. The minimum atomic E-state index is -4.55. The first-order valence-electron chi connectivity index (χ1n) is 10.8. The maximum atomic E-state index is 13.7. The molecule has 2 rings (SSSR count). The van der Waals surface area contributed by atoms with E-state index in [9.17, 15) is 17.7 Å². The fourth-order valence-corrected chi connectivity index (χ4v) is 6.27. The lowest BCUT2D eigenvalue weighted by Gasteiger charge is -2.18. The number of alkyl halides is 3. The van der Waals surface area contributed by atoms with Crippen LogP contribution in [0.1, 0.15) is 37.6 Å². The van der Waals surface area contributed by atoms with Gasteiger partial charge < -0.3 is 14.8 Å². The Balaban J connectivity index is 2.35. The van der Waals surface area contributed by atoms with Crippen molar-refractivity contribution in [3.8, 4) is 0 Å².